The Balaban J connectivity index is 1.76. The van der Waals surface area contributed by atoms with Crippen LogP contribution in [0.25, 0.3) is 0 Å². The molecule has 19 heavy (non-hydrogen) atoms. The lowest BCUT2D eigenvalue weighted by atomic mass is 10.3. The summed E-state index contributed by atoms with van der Waals surface area (Å²) in [4.78, 5) is 8.91. The zero-order chi connectivity index (χ0) is 13.1. The van der Waals surface area contributed by atoms with Crippen LogP contribution in [0.15, 0.2) is 45.8 Å². The van der Waals surface area contributed by atoms with Crippen molar-refractivity contribution < 1.29 is 0 Å². The fourth-order valence-corrected chi connectivity index (χ4v) is 2.17. The molecule has 0 radical (unpaired) electrons. The predicted molar refractivity (Wildman–Crippen MR) is 73.1 cm³/mol. The molecule has 0 amide bonds. The fraction of sp³-hybridized carbons (Fsp3) is 0.385. The van der Waals surface area contributed by atoms with Crippen molar-refractivity contribution in [2.24, 2.45) is 15.2 Å². The van der Waals surface area contributed by atoms with Crippen LogP contribution in [0.1, 0.15) is 11.5 Å². The molecular weight excluding hydrogens is 240 g/mol. The highest BCUT2D eigenvalue weighted by atomic mass is 15.2. The molecule has 1 aromatic rings. The third-order valence-electron chi connectivity index (χ3n) is 3.17. The van der Waals surface area contributed by atoms with E-state index < -0.39 is 0 Å². The second kappa shape index (κ2) is 5.27. The number of rotatable bonds is 2. The lowest BCUT2D eigenvalue weighted by Gasteiger charge is -2.07. The normalized spacial score (nSPS) is 20.6. The van der Waals surface area contributed by atoms with Crippen molar-refractivity contribution in [1.82, 2.24) is 14.9 Å². The first-order chi connectivity index (χ1) is 9.33. The average molecular weight is 256 g/mol. The van der Waals surface area contributed by atoms with Gasteiger partial charge in [0.05, 0.1) is 24.1 Å². The van der Waals surface area contributed by atoms with E-state index in [1.165, 1.54) is 0 Å². The third kappa shape index (κ3) is 2.68. The van der Waals surface area contributed by atoms with Crippen molar-refractivity contribution in [3.8, 4) is 0 Å². The van der Waals surface area contributed by atoms with Crippen molar-refractivity contribution >= 4 is 5.84 Å². The molecule has 2 aliphatic rings. The van der Waals surface area contributed by atoms with Crippen molar-refractivity contribution in [2.45, 2.75) is 19.5 Å². The van der Waals surface area contributed by atoms with Crippen LogP contribution in [-0.4, -0.2) is 28.5 Å². The minimum Gasteiger partial charge on any atom is -0.329 e. The van der Waals surface area contributed by atoms with Gasteiger partial charge in [-0.05, 0) is 12.2 Å². The van der Waals surface area contributed by atoms with Gasteiger partial charge in [-0.2, -0.15) is 0 Å². The van der Waals surface area contributed by atoms with Gasteiger partial charge in [-0.1, -0.05) is 6.58 Å². The van der Waals surface area contributed by atoms with E-state index in [-0.39, 0.29) is 0 Å². The highest BCUT2D eigenvalue weighted by Crippen LogP contribution is 2.11. The molecule has 2 aliphatic heterocycles. The summed E-state index contributed by atoms with van der Waals surface area (Å²) >= 11 is 0. The van der Waals surface area contributed by atoms with E-state index in [4.69, 9.17) is 0 Å². The van der Waals surface area contributed by atoms with Crippen LogP contribution in [0.3, 0.4) is 0 Å². The second-order valence-electron chi connectivity index (χ2n) is 4.52. The molecule has 0 saturated carbocycles. The Morgan fingerprint density at radius 2 is 2.26 bits per heavy atom. The molecule has 6 heteroatoms. The zero-order valence-electron chi connectivity index (χ0n) is 10.7. The highest BCUT2D eigenvalue weighted by Gasteiger charge is 2.12. The average Bonchev–Trinajstić information content (AvgIpc) is 2.66. The molecule has 0 spiro atoms. The minimum absolute atomic E-state index is 0.582. The molecule has 0 atom stereocenters. The van der Waals surface area contributed by atoms with Crippen molar-refractivity contribution in [3.63, 3.8) is 0 Å². The first kappa shape index (κ1) is 12.0. The summed E-state index contributed by atoms with van der Waals surface area (Å²) in [5.41, 5.74) is 1.78. The smallest absolute Gasteiger partial charge is 0.170 e. The summed E-state index contributed by atoms with van der Waals surface area (Å²) in [6, 6.07) is 0. The van der Waals surface area contributed by atoms with Crippen LogP contribution in [0, 0.1) is 0 Å². The first-order valence-corrected chi connectivity index (χ1v) is 6.40. The first-order valence-electron chi connectivity index (χ1n) is 6.40. The standard InChI is InChI=1S/C13H16N6/c1-10-2-3-12(18-17-10)15-8-11-9-16-13-4-5-14-6-7-19(11)13/h2-3,9,14H,1,4-8H2. The van der Waals surface area contributed by atoms with Crippen LogP contribution >= 0.6 is 0 Å². The number of amidine groups is 1. The van der Waals surface area contributed by atoms with Crippen molar-refractivity contribution in [2.75, 3.05) is 13.1 Å². The molecule has 1 N–H and O–H groups in total. The topological polar surface area (TPSA) is 66.9 Å². The number of nitrogens with zero attached hydrogens (tertiary/aromatic N) is 5. The molecule has 3 heterocycles. The quantitative estimate of drug-likeness (QED) is 0.870. The Hall–Kier alpha value is -2.08. The summed E-state index contributed by atoms with van der Waals surface area (Å²) in [6.07, 6.45) is 6.52. The van der Waals surface area contributed by atoms with Gasteiger partial charge in [0.2, 0.25) is 0 Å². The number of nitrogens with one attached hydrogen (secondary N) is 1. The Kier molecular flexibility index (Phi) is 3.33. The van der Waals surface area contributed by atoms with Gasteiger partial charge in [0, 0.05) is 26.1 Å². The van der Waals surface area contributed by atoms with Crippen LogP contribution in [0.4, 0.5) is 0 Å². The van der Waals surface area contributed by atoms with Crippen LogP contribution in [0.5, 0.6) is 0 Å². The van der Waals surface area contributed by atoms with E-state index >= 15 is 0 Å². The number of fused-ring (bicyclic) bond motifs is 1. The maximum atomic E-state index is 4.46. The number of aromatic nitrogens is 2. The van der Waals surface area contributed by atoms with Crippen LogP contribution < -0.4 is 5.32 Å². The zero-order valence-corrected chi connectivity index (χ0v) is 10.7. The second-order valence-corrected chi connectivity index (χ2v) is 4.52. The molecule has 6 nitrogen and oxygen atoms in total. The largest absolute Gasteiger partial charge is 0.329 e. The Morgan fingerprint density at radius 3 is 3.11 bits per heavy atom. The lowest BCUT2D eigenvalue weighted by molar-refractivity contribution is 0.625. The van der Waals surface area contributed by atoms with E-state index in [1.807, 2.05) is 18.3 Å². The van der Waals surface area contributed by atoms with Crippen LogP contribution in [0.2, 0.25) is 0 Å². The molecule has 0 saturated heterocycles. The maximum Gasteiger partial charge on any atom is 0.170 e. The van der Waals surface area contributed by atoms with Gasteiger partial charge >= 0.3 is 0 Å². The van der Waals surface area contributed by atoms with Gasteiger partial charge in [-0.25, -0.2) is 4.98 Å². The molecule has 0 fully saturated rings. The molecule has 98 valence electrons. The minimum atomic E-state index is 0.582. The Morgan fingerprint density at radius 1 is 1.32 bits per heavy atom. The van der Waals surface area contributed by atoms with Crippen molar-refractivity contribution in [3.05, 3.63) is 42.1 Å². The number of azo groups is 1. The molecule has 1 aromatic heterocycles. The molecular formula is C13H16N6. The summed E-state index contributed by atoms with van der Waals surface area (Å²) in [5, 5.41) is 11.2. The number of hydrogen-bond acceptors (Lipinski definition) is 4. The number of hydrogen-bond donors (Lipinski definition) is 1. The summed E-state index contributed by atoms with van der Waals surface area (Å²) < 4.78 is 2.24. The van der Waals surface area contributed by atoms with Gasteiger partial charge in [-0.3, -0.25) is 4.99 Å². The monoisotopic (exact) mass is 256 g/mol. The number of aliphatic imine (C=N–C) groups is 1. The molecule has 0 unspecified atom stereocenters. The van der Waals surface area contributed by atoms with E-state index in [2.05, 4.69) is 36.7 Å². The fourth-order valence-electron chi connectivity index (χ4n) is 2.17. The van der Waals surface area contributed by atoms with E-state index in [9.17, 15) is 0 Å². The molecule has 0 bridgehead atoms. The number of imidazole rings is 1. The molecule has 0 aromatic carbocycles. The summed E-state index contributed by atoms with van der Waals surface area (Å²) in [5.74, 6) is 1.77. The lowest BCUT2D eigenvalue weighted by Crippen LogP contribution is -2.17. The van der Waals surface area contributed by atoms with Gasteiger partial charge < -0.3 is 9.88 Å². The Bertz CT molecular complexity index is 560. The summed E-state index contributed by atoms with van der Waals surface area (Å²) in [7, 11) is 0. The molecule has 3 rings (SSSR count). The van der Waals surface area contributed by atoms with Crippen LogP contribution in [-0.2, 0) is 19.5 Å². The van der Waals surface area contributed by atoms with Gasteiger partial charge in [0.1, 0.15) is 5.82 Å². The maximum absolute atomic E-state index is 4.46. The predicted octanol–water partition coefficient (Wildman–Crippen LogP) is 1.46. The summed E-state index contributed by atoms with van der Waals surface area (Å²) in [6.45, 7) is 7.20. The van der Waals surface area contributed by atoms with E-state index in [0.717, 1.165) is 37.6 Å². The Labute approximate surface area is 111 Å². The SMILES string of the molecule is C=C1C=CC(=NCc2cnc3n2CCNCC3)N=N1. The van der Waals surface area contributed by atoms with Gasteiger partial charge in [0.25, 0.3) is 0 Å². The third-order valence-corrected chi connectivity index (χ3v) is 3.17. The number of allylic oxidation sites excluding steroid dienone is 1. The van der Waals surface area contributed by atoms with Gasteiger partial charge in [0.15, 0.2) is 5.84 Å². The van der Waals surface area contributed by atoms with Crippen molar-refractivity contribution in [1.29, 1.82) is 0 Å². The van der Waals surface area contributed by atoms with E-state index in [0.29, 0.717) is 18.1 Å². The highest BCUT2D eigenvalue weighted by molar-refractivity contribution is 5.94. The van der Waals surface area contributed by atoms with Gasteiger partial charge in [-0.15, -0.1) is 10.2 Å². The van der Waals surface area contributed by atoms with E-state index in [1.54, 1.807) is 0 Å². The molecule has 0 aliphatic carbocycles.